The van der Waals surface area contributed by atoms with E-state index in [9.17, 15) is 0 Å². The lowest BCUT2D eigenvalue weighted by atomic mass is 9.74. The molecule has 0 heterocycles. The molecule has 0 fully saturated rings. The summed E-state index contributed by atoms with van der Waals surface area (Å²) in [5.41, 5.74) is 11.8. The first-order valence-electron chi connectivity index (χ1n) is 21.9. The molecular formula is C59H59F3. The third kappa shape index (κ3) is 7.63. The van der Waals surface area contributed by atoms with Crippen LogP contribution in [-0.2, 0) is 21.7 Å². The summed E-state index contributed by atoms with van der Waals surface area (Å²) in [4.78, 5) is 0. The molecule has 0 aromatic heterocycles. The maximum atomic E-state index is 17.0. The van der Waals surface area contributed by atoms with Gasteiger partial charge in [0, 0.05) is 17.2 Å². The van der Waals surface area contributed by atoms with Crippen LogP contribution in [-0.4, -0.2) is 0 Å². The number of fused-ring (bicyclic) bond motifs is 3. The van der Waals surface area contributed by atoms with Crippen LogP contribution in [0.4, 0.5) is 13.2 Å². The first-order chi connectivity index (χ1) is 28.9. The summed E-state index contributed by atoms with van der Waals surface area (Å²) < 4.78 is 47.2. The van der Waals surface area contributed by atoms with Gasteiger partial charge in [0.15, 0.2) is 0 Å². The van der Waals surface area contributed by atoms with Crippen LogP contribution >= 0.6 is 0 Å². The van der Waals surface area contributed by atoms with Crippen LogP contribution in [0.3, 0.4) is 0 Å². The second kappa shape index (κ2) is 15.0. The fourth-order valence-electron chi connectivity index (χ4n) is 9.19. The van der Waals surface area contributed by atoms with Gasteiger partial charge in [0.2, 0.25) is 0 Å². The highest BCUT2D eigenvalue weighted by atomic mass is 19.1. The van der Waals surface area contributed by atoms with Crippen LogP contribution in [0.15, 0.2) is 121 Å². The van der Waals surface area contributed by atoms with Crippen molar-refractivity contribution < 1.29 is 13.2 Å². The van der Waals surface area contributed by atoms with Gasteiger partial charge in [-0.3, -0.25) is 0 Å². The summed E-state index contributed by atoms with van der Waals surface area (Å²) in [5.74, 6) is -1.57. The van der Waals surface area contributed by atoms with Crippen LogP contribution in [0.1, 0.15) is 111 Å². The molecule has 8 aromatic rings. The van der Waals surface area contributed by atoms with Crippen molar-refractivity contribution in [3.05, 3.63) is 167 Å². The van der Waals surface area contributed by atoms with E-state index in [0.717, 1.165) is 88.5 Å². The summed E-state index contributed by atoms with van der Waals surface area (Å²) in [6.45, 7) is 28.5. The quantitative estimate of drug-likeness (QED) is 0.155. The van der Waals surface area contributed by atoms with Gasteiger partial charge in [-0.1, -0.05) is 162 Å². The molecule has 62 heavy (non-hydrogen) atoms. The second-order valence-corrected chi connectivity index (χ2v) is 21.5. The molecule has 8 aromatic carbocycles. The molecule has 3 heteroatoms. The fourth-order valence-corrected chi connectivity index (χ4v) is 9.19. The minimum absolute atomic E-state index is 0.0728. The highest BCUT2D eigenvalue weighted by Crippen LogP contribution is 2.55. The Balaban J connectivity index is 1.77. The van der Waals surface area contributed by atoms with Gasteiger partial charge in [-0.25, -0.2) is 13.2 Å². The molecule has 0 aliphatic heterocycles. The lowest BCUT2D eigenvalue weighted by molar-refractivity contribution is 0.585. The smallest absolute Gasteiger partial charge is 0.133 e. The van der Waals surface area contributed by atoms with Crippen molar-refractivity contribution in [1.29, 1.82) is 0 Å². The van der Waals surface area contributed by atoms with Crippen molar-refractivity contribution in [3.8, 4) is 44.5 Å². The molecule has 8 rings (SSSR count). The summed E-state index contributed by atoms with van der Waals surface area (Å²) >= 11 is 0. The van der Waals surface area contributed by atoms with Crippen molar-refractivity contribution in [2.45, 2.75) is 112 Å². The Bertz CT molecular complexity index is 2840. The van der Waals surface area contributed by atoms with Gasteiger partial charge < -0.3 is 0 Å². The van der Waals surface area contributed by atoms with E-state index >= 15 is 13.2 Å². The molecule has 0 nitrogen and oxygen atoms in total. The van der Waals surface area contributed by atoms with Crippen LogP contribution < -0.4 is 0 Å². The van der Waals surface area contributed by atoms with Crippen LogP contribution in [0.2, 0.25) is 0 Å². The predicted molar refractivity (Wildman–Crippen MR) is 260 cm³/mol. The Labute approximate surface area is 366 Å². The lowest BCUT2D eigenvalue weighted by Gasteiger charge is -2.28. The first kappa shape index (κ1) is 43.0. The van der Waals surface area contributed by atoms with Crippen molar-refractivity contribution in [3.63, 3.8) is 0 Å². The number of aryl methyl sites for hydroxylation is 1. The summed E-state index contributed by atoms with van der Waals surface area (Å²) in [5, 5.41) is 5.66. The largest absolute Gasteiger partial charge is 0.207 e. The molecule has 316 valence electrons. The van der Waals surface area contributed by atoms with Gasteiger partial charge >= 0.3 is 0 Å². The van der Waals surface area contributed by atoms with E-state index in [4.69, 9.17) is 0 Å². The maximum Gasteiger partial charge on any atom is 0.133 e. The van der Waals surface area contributed by atoms with E-state index in [1.165, 1.54) is 17.2 Å². The summed E-state index contributed by atoms with van der Waals surface area (Å²) in [7, 11) is 0. The van der Waals surface area contributed by atoms with Crippen LogP contribution in [0.5, 0.6) is 0 Å². The normalized spacial score (nSPS) is 12.8. The van der Waals surface area contributed by atoms with Gasteiger partial charge in [-0.2, -0.15) is 0 Å². The molecule has 0 bridgehead atoms. The van der Waals surface area contributed by atoms with Gasteiger partial charge in [0.1, 0.15) is 17.5 Å². The van der Waals surface area contributed by atoms with E-state index in [1.807, 2.05) is 13.0 Å². The monoisotopic (exact) mass is 824 g/mol. The Morgan fingerprint density at radius 1 is 0.323 bits per heavy atom. The Morgan fingerprint density at radius 2 is 0.677 bits per heavy atom. The molecule has 0 saturated heterocycles. The molecule has 0 saturated carbocycles. The zero-order valence-corrected chi connectivity index (χ0v) is 38.7. The zero-order chi connectivity index (χ0) is 44.8. The number of hydrogen-bond donors (Lipinski definition) is 0. The van der Waals surface area contributed by atoms with Crippen LogP contribution in [0, 0.1) is 24.4 Å². The van der Waals surface area contributed by atoms with E-state index in [1.54, 1.807) is 18.2 Å². The van der Waals surface area contributed by atoms with Gasteiger partial charge in [-0.15, -0.1) is 0 Å². The second-order valence-electron chi connectivity index (χ2n) is 21.5. The minimum Gasteiger partial charge on any atom is -0.207 e. The summed E-state index contributed by atoms with van der Waals surface area (Å²) in [6.07, 6.45) is 0. The molecule has 0 spiro atoms. The van der Waals surface area contributed by atoms with Crippen molar-refractivity contribution in [2.24, 2.45) is 0 Å². The molecule has 0 unspecified atom stereocenters. The van der Waals surface area contributed by atoms with Crippen molar-refractivity contribution in [1.82, 2.24) is 0 Å². The third-order valence-electron chi connectivity index (χ3n) is 12.8. The van der Waals surface area contributed by atoms with Gasteiger partial charge in [0.25, 0.3) is 0 Å². The predicted octanol–water partition coefficient (Wildman–Crippen LogP) is 17.7. The highest BCUT2D eigenvalue weighted by Gasteiger charge is 2.30. The van der Waals surface area contributed by atoms with Crippen molar-refractivity contribution in [2.75, 3.05) is 0 Å². The van der Waals surface area contributed by atoms with E-state index in [-0.39, 0.29) is 27.5 Å². The number of benzene rings is 8. The molecule has 0 amide bonds. The fraction of sp³-hybridized carbons (Fsp3) is 0.288. The number of rotatable bonds is 4. The third-order valence-corrected chi connectivity index (χ3v) is 12.8. The van der Waals surface area contributed by atoms with E-state index in [0.29, 0.717) is 11.1 Å². The zero-order valence-electron chi connectivity index (χ0n) is 38.7. The minimum atomic E-state index is -0.633. The molecule has 0 aliphatic rings. The Kier molecular flexibility index (Phi) is 10.4. The average molecular weight is 825 g/mol. The van der Waals surface area contributed by atoms with Gasteiger partial charge in [-0.05, 0) is 158 Å². The molecule has 0 atom stereocenters. The number of halogens is 3. The molecule has 0 radical (unpaired) electrons. The topological polar surface area (TPSA) is 0 Å². The lowest BCUT2D eigenvalue weighted by Crippen LogP contribution is -2.12. The average Bonchev–Trinajstić information content (AvgIpc) is 3.18. The first-order valence-corrected chi connectivity index (χ1v) is 21.9. The molecular weight excluding hydrogens is 766 g/mol. The highest BCUT2D eigenvalue weighted by molar-refractivity contribution is 6.34. The Morgan fingerprint density at radius 3 is 1.05 bits per heavy atom. The number of hydrogen-bond acceptors (Lipinski definition) is 0. The van der Waals surface area contributed by atoms with E-state index < -0.39 is 11.6 Å². The van der Waals surface area contributed by atoms with E-state index in [2.05, 4.69) is 168 Å². The SMILES string of the molecule is Cc1cc(F)ccc1-c1c2cc(C(C)(C)C)ccc2c(-c2ccc(C(C)(C)C)cc2)c2c(-c3ccc(F)cc3F)c3cc(C(C)(C)C)ccc3c(-c3ccc(C(C)(C)C)cc3)c12. The molecule has 0 aliphatic carbocycles. The van der Waals surface area contributed by atoms with Gasteiger partial charge in [0.05, 0.1) is 0 Å². The van der Waals surface area contributed by atoms with Crippen LogP contribution in [0.25, 0.3) is 76.8 Å². The molecule has 0 N–H and O–H groups in total. The standard InChI is InChI=1S/C59H59F3/c1-34-30-41(60)24-28-43(34)52-47-31-39(58(8,9)10)22-26-44(47)51(36-16-20-38(21-17-36)57(5,6)7)55-53(46-29-25-42(61)33-49(46)62)48-32-40(59(11,12)13)23-27-45(48)50(54(52)55)35-14-18-37(19-15-35)56(2,3)4/h14-33H,1-13H3. The van der Waals surface area contributed by atoms with Crippen molar-refractivity contribution >= 4 is 32.3 Å². The Hall–Kier alpha value is -5.67. The maximum absolute atomic E-state index is 17.0. The summed E-state index contributed by atoms with van der Waals surface area (Å²) in [6, 6.07) is 40.1.